The van der Waals surface area contributed by atoms with Crippen LogP contribution < -0.4 is 5.32 Å². The third kappa shape index (κ3) is 2.27. The standard InChI is InChI=1S/C12H16ClNO/c1-8-4-2-5-9(13)12(8)14-10-6-3-7-11(10)15/h2,4-5,10-11,14-15H,3,6-7H2,1H3. The van der Waals surface area contributed by atoms with Crippen molar-refractivity contribution in [3.63, 3.8) is 0 Å². The number of nitrogens with one attached hydrogen (secondary N) is 1. The Morgan fingerprint density at radius 1 is 1.40 bits per heavy atom. The van der Waals surface area contributed by atoms with E-state index in [4.69, 9.17) is 11.6 Å². The summed E-state index contributed by atoms with van der Waals surface area (Å²) in [5, 5.41) is 13.8. The third-order valence-corrected chi connectivity index (χ3v) is 3.35. The maximum atomic E-state index is 9.73. The van der Waals surface area contributed by atoms with E-state index in [-0.39, 0.29) is 12.1 Å². The van der Waals surface area contributed by atoms with Crippen LogP contribution >= 0.6 is 11.6 Å². The molecular formula is C12H16ClNO. The van der Waals surface area contributed by atoms with Crippen LogP contribution in [0.1, 0.15) is 24.8 Å². The molecule has 0 amide bonds. The summed E-state index contributed by atoms with van der Waals surface area (Å²) >= 11 is 6.11. The van der Waals surface area contributed by atoms with Crippen molar-refractivity contribution in [1.82, 2.24) is 0 Å². The lowest BCUT2D eigenvalue weighted by molar-refractivity contribution is 0.172. The van der Waals surface area contributed by atoms with E-state index in [1.165, 1.54) is 0 Å². The predicted molar refractivity (Wildman–Crippen MR) is 63.5 cm³/mol. The number of hydrogen-bond donors (Lipinski definition) is 2. The predicted octanol–water partition coefficient (Wildman–Crippen LogP) is 2.97. The molecule has 0 spiro atoms. The summed E-state index contributed by atoms with van der Waals surface area (Å²) in [4.78, 5) is 0. The molecule has 15 heavy (non-hydrogen) atoms. The highest BCUT2D eigenvalue weighted by molar-refractivity contribution is 6.33. The Morgan fingerprint density at radius 3 is 2.80 bits per heavy atom. The van der Waals surface area contributed by atoms with Crippen molar-refractivity contribution in [3.05, 3.63) is 28.8 Å². The smallest absolute Gasteiger partial charge is 0.0741 e. The van der Waals surface area contributed by atoms with Gasteiger partial charge in [0.05, 0.1) is 22.9 Å². The molecule has 0 aliphatic heterocycles. The van der Waals surface area contributed by atoms with Crippen molar-refractivity contribution < 1.29 is 5.11 Å². The van der Waals surface area contributed by atoms with Crippen LogP contribution in [0.3, 0.4) is 0 Å². The van der Waals surface area contributed by atoms with E-state index in [0.717, 1.165) is 35.5 Å². The van der Waals surface area contributed by atoms with Gasteiger partial charge in [-0.2, -0.15) is 0 Å². The molecule has 0 radical (unpaired) electrons. The van der Waals surface area contributed by atoms with E-state index in [1.54, 1.807) is 0 Å². The third-order valence-electron chi connectivity index (χ3n) is 3.03. The number of halogens is 1. The SMILES string of the molecule is Cc1cccc(Cl)c1NC1CCCC1O. The lowest BCUT2D eigenvalue weighted by Gasteiger charge is -2.20. The second kappa shape index (κ2) is 4.42. The summed E-state index contributed by atoms with van der Waals surface area (Å²) in [6.45, 7) is 2.02. The zero-order valence-electron chi connectivity index (χ0n) is 8.83. The Morgan fingerprint density at radius 2 is 2.20 bits per heavy atom. The van der Waals surface area contributed by atoms with Gasteiger partial charge in [0.15, 0.2) is 0 Å². The van der Waals surface area contributed by atoms with Gasteiger partial charge in [0, 0.05) is 0 Å². The maximum absolute atomic E-state index is 9.73. The van der Waals surface area contributed by atoms with Crippen LogP contribution in [0.4, 0.5) is 5.69 Å². The summed E-state index contributed by atoms with van der Waals surface area (Å²) in [6.07, 6.45) is 2.76. The molecule has 1 saturated carbocycles. The van der Waals surface area contributed by atoms with E-state index in [1.807, 2.05) is 25.1 Å². The highest BCUT2D eigenvalue weighted by atomic mass is 35.5. The number of para-hydroxylation sites is 1. The Kier molecular flexibility index (Phi) is 3.17. The van der Waals surface area contributed by atoms with E-state index < -0.39 is 0 Å². The van der Waals surface area contributed by atoms with E-state index in [0.29, 0.717) is 0 Å². The van der Waals surface area contributed by atoms with Gasteiger partial charge in [-0.25, -0.2) is 0 Å². The molecule has 1 fully saturated rings. The fourth-order valence-corrected chi connectivity index (χ4v) is 2.39. The van der Waals surface area contributed by atoms with E-state index in [2.05, 4.69) is 5.32 Å². The lowest BCUT2D eigenvalue weighted by atomic mass is 10.1. The molecule has 1 aliphatic rings. The quantitative estimate of drug-likeness (QED) is 0.811. The zero-order valence-corrected chi connectivity index (χ0v) is 9.59. The average Bonchev–Trinajstić information content (AvgIpc) is 2.58. The molecule has 1 aromatic carbocycles. The molecule has 0 saturated heterocycles. The lowest BCUT2D eigenvalue weighted by Crippen LogP contribution is -2.28. The van der Waals surface area contributed by atoms with Gasteiger partial charge in [0.1, 0.15) is 0 Å². The van der Waals surface area contributed by atoms with Crippen LogP contribution in [0.5, 0.6) is 0 Å². The minimum absolute atomic E-state index is 0.156. The second-order valence-corrected chi connectivity index (χ2v) is 4.59. The molecule has 2 unspecified atom stereocenters. The van der Waals surface area contributed by atoms with Crippen LogP contribution in [0.2, 0.25) is 5.02 Å². The fourth-order valence-electron chi connectivity index (χ4n) is 2.11. The minimum Gasteiger partial charge on any atom is -0.391 e. The molecule has 1 aliphatic carbocycles. The molecule has 0 bridgehead atoms. The number of anilines is 1. The number of aryl methyl sites for hydroxylation is 1. The van der Waals surface area contributed by atoms with Gasteiger partial charge in [-0.05, 0) is 37.8 Å². The first-order valence-electron chi connectivity index (χ1n) is 5.38. The van der Waals surface area contributed by atoms with Crippen LogP contribution in [0.25, 0.3) is 0 Å². The molecule has 0 heterocycles. The van der Waals surface area contributed by atoms with Crippen LogP contribution in [0.15, 0.2) is 18.2 Å². The number of hydrogen-bond acceptors (Lipinski definition) is 2. The Bertz CT molecular complexity index is 333. The van der Waals surface area contributed by atoms with Gasteiger partial charge in [-0.3, -0.25) is 0 Å². The van der Waals surface area contributed by atoms with Gasteiger partial charge in [0.25, 0.3) is 0 Å². The number of aliphatic hydroxyl groups excluding tert-OH is 1. The molecule has 2 atom stereocenters. The average molecular weight is 226 g/mol. The molecule has 3 heteroatoms. The summed E-state index contributed by atoms with van der Waals surface area (Å²) in [5.41, 5.74) is 2.09. The summed E-state index contributed by atoms with van der Waals surface area (Å²) in [5.74, 6) is 0. The van der Waals surface area contributed by atoms with Crippen molar-refractivity contribution in [2.24, 2.45) is 0 Å². The van der Waals surface area contributed by atoms with Gasteiger partial charge >= 0.3 is 0 Å². The van der Waals surface area contributed by atoms with E-state index in [9.17, 15) is 5.11 Å². The Balaban J connectivity index is 2.16. The van der Waals surface area contributed by atoms with Crippen LogP contribution in [0, 0.1) is 6.92 Å². The molecule has 2 rings (SSSR count). The summed E-state index contributed by atoms with van der Waals surface area (Å²) in [6, 6.07) is 5.99. The zero-order chi connectivity index (χ0) is 10.8. The fraction of sp³-hybridized carbons (Fsp3) is 0.500. The molecule has 2 nitrogen and oxygen atoms in total. The van der Waals surface area contributed by atoms with Crippen molar-refractivity contribution in [1.29, 1.82) is 0 Å². The molecular weight excluding hydrogens is 210 g/mol. The van der Waals surface area contributed by atoms with Crippen molar-refractivity contribution in [3.8, 4) is 0 Å². The normalized spacial score (nSPS) is 25.5. The Labute approximate surface area is 95.3 Å². The first kappa shape index (κ1) is 10.8. The van der Waals surface area contributed by atoms with Crippen molar-refractivity contribution in [2.45, 2.75) is 38.3 Å². The number of rotatable bonds is 2. The van der Waals surface area contributed by atoms with Gasteiger partial charge in [-0.1, -0.05) is 23.7 Å². The highest BCUT2D eigenvalue weighted by Crippen LogP contribution is 2.29. The number of benzene rings is 1. The molecule has 1 aromatic rings. The molecule has 2 N–H and O–H groups in total. The minimum atomic E-state index is -0.235. The van der Waals surface area contributed by atoms with Crippen LogP contribution in [-0.4, -0.2) is 17.3 Å². The van der Waals surface area contributed by atoms with E-state index >= 15 is 0 Å². The van der Waals surface area contributed by atoms with Gasteiger partial charge in [0.2, 0.25) is 0 Å². The first-order chi connectivity index (χ1) is 7.18. The summed E-state index contributed by atoms with van der Waals surface area (Å²) < 4.78 is 0. The monoisotopic (exact) mass is 225 g/mol. The second-order valence-electron chi connectivity index (χ2n) is 4.18. The molecule has 0 aromatic heterocycles. The van der Waals surface area contributed by atoms with Gasteiger partial charge in [-0.15, -0.1) is 0 Å². The van der Waals surface area contributed by atoms with Gasteiger partial charge < -0.3 is 10.4 Å². The molecule has 82 valence electrons. The number of aliphatic hydroxyl groups is 1. The summed E-state index contributed by atoms with van der Waals surface area (Å²) in [7, 11) is 0. The Hall–Kier alpha value is -0.730. The van der Waals surface area contributed by atoms with Crippen LogP contribution in [-0.2, 0) is 0 Å². The largest absolute Gasteiger partial charge is 0.391 e. The topological polar surface area (TPSA) is 32.3 Å². The maximum Gasteiger partial charge on any atom is 0.0741 e. The van der Waals surface area contributed by atoms with Crippen molar-refractivity contribution >= 4 is 17.3 Å². The first-order valence-corrected chi connectivity index (χ1v) is 5.76. The van der Waals surface area contributed by atoms with Crippen molar-refractivity contribution in [2.75, 3.05) is 5.32 Å². The highest BCUT2D eigenvalue weighted by Gasteiger charge is 2.25.